The molecule has 0 saturated heterocycles. The van der Waals surface area contributed by atoms with E-state index in [1.807, 2.05) is 25.6 Å². The first kappa shape index (κ1) is 14.4. The molecule has 0 fully saturated rings. The molecule has 3 heteroatoms. The zero-order valence-electron chi connectivity index (χ0n) is 12.1. The van der Waals surface area contributed by atoms with Crippen molar-refractivity contribution in [3.05, 3.63) is 24.0 Å². The molecule has 0 aliphatic carbocycles. The predicted octanol–water partition coefficient (Wildman–Crippen LogP) is 4.28. The Balaban J connectivity index is 3.21. The third-order valence-electron chi connectivity index (χ3n) is 2.91. The lowest BCUT2D eigenvalue weighted by molar-refractivity contribution is 0.844. The molecule has 0 N–H and O–H groups in total. The molecule has 1 aromatic heterocycles. The molecular weight excluding hydrogens is 222 g/mol. The Kier molecular flexibility index (Phi) is 5.08. The normalized spacial score (nSPS) is 12.1. The van der Waals surface area contributed by atoms with Crippen LogP contribution < -0.4 is 0 Å². The average Bonchev–Trinajstić information content (AvgIpc) is 2.52. The van der Waals surface area contributed by atoms with Gasteiger partial charge in [0, 0.05) is 37.3 Å². The van der Waals surface area contributed by atoms with Crippen LogP contribution in [0, 0.1) is 19.8 Å². The maximum atomic E-state index is 4.58. The zero-order valence-corrected chi connectivity index (χ0v) is 12.1. The predicted molar refractivity (Wildman–Crippen MR) is 80.8 cm³/mol. The van der Waals surface area contributed by atoms with Crippen molar-refractivity contribution in [1.29, 1.82) is 0 Å². The molecule has 0 aromatic carbocycles. The minimum Gasteiger partial charge on any atom is -0.348 e. The molecule has 0 bridgehead atoms. The molecule has 0 aliphatic heterocycles. The van der Waals surface area contributed by atoms with Gasteiger partial charge in [-0.1, -0.05) is 19.9 Å². The van der Waals surface area contributed by atoms with Gasteiger partial charge in [-0.25, -0.2) is 0 Å². The number of hydrogen-bond acceptors (Lipinski definition) is 2. The third-order valence-corrected chi connectivity index (χ3v) is 2.91. The second kappa shape index (κ2) is 6.34. The maximum Gasteiger partial charge on any atom is 0.109 e. The van der Waals surface area contributed by atoms with Crippen LogP contribution in [0.25, 0.3) is 0 Å². The second-order valence-corrected chi connectivity index (χ2v) is 4.79. The summed E-state index contributed by atoms with van der Waals surface area (Å²) in [6.45, 7) is 12.1. The van der Waals surface area contributed by atoms with Crippen LogP contribution in [0.5, 0.6) is 0 Å². The van der Waals surface area contributed by atoms with Crippen LogP contribution in [0.3, 0.4) is 0 Å². The number of nitrogens with zero attached hydrogens (tertiary/aromatic N) is 3. The Morgan fingerprint density at radius 1 is 1.17 bits per heavy atom. The van der Waals surface area contributed by atoms with Crippen molar-refractivity contribution in [2.75, 3.05) is 0 Å². The van der Waals surface area contributed by atoms with Crippen LogP contribution in [-0.2, 0) is 7.05 Å². The second-order valence-electron chi connectivity index (χ2n) is 4.79. The van der Waals surface area contributed by atoms with Crippen LogP contribution in [-0.4, -0.2) is 17.0 Å². The van der Waals surface area contributed by atoms with Crippen molar-refractivity contribution in [3.8, 4) is 0 Å². The van der Waals surface area contributed by atoms with Crippen LogP contribution in [0.4, 0.5) is 11.4 Å². The van der Waals surface area contributed by atoms with Crippen molar-refractivity contribution >= 4 is 23.8 Å². The molecule has 1 rings (SSSR count). The van der Waals surface area contributed by atoms with Gasteiger partial charge in [0.2, 0.25) is 0 Å². The Bertz CT molecular complexity index is 476. The number of aromatic nitrogens is 1. The van der Waals surface area contributed by atoms with E-state index < -0.39 is 0 Å². The highest BCUT2D eigenvalue weighted by atomic mass is 15.0. The van der Waals surface area contributed by atoms with E-state index in [1.165, 1.54) is 0 Å². The fourth-order valence-corrected chi connectivity index (χ4v) is 1.66. The molecule has 0 atom stereocenters. The highest BCUT2D eigenvalue weighted by Gasteiger charge is 2.13. The summed E-state index contributed by atoms with van der Waals surface area (Å²) >= 11 is 0. The van der Waals surface area contributed by atoms with E-state index in [9.17, 15) is 0 Å². The van der Waals surface area contributed by atoms with Crippen molar-refractivity contribution in [3.63, 3.8) is 0 Å². The van der Waals surface area contributed by atoms with Crippen molar-refractivity contribution in [2.45, 2.75) is 34.1 Å². The van der Waals surface area contributed by atoms with E-state index in [0.717, 1.165) is 29.2 Å². The fourth-order valence-electron chi connectivity index (χ4n) is 1.66. The summed E-state index contributed by atoms with van der Waals surface area (Å²) in [4.78, 5) is 9.10. The molecule has 3 nitrogen and oxygen atoms in total. The molecule has 0 radical (unpaired) electrons. The van der Waals surface area contributed by atoms with Crippen molar-refractivity contribution < 1.29 is 0 Å². The molecule has 1 aromatic rings. The van der Waals surface area contributed by atoms with Gasteiger partial charge in [-0.05, 0) is 19.8 Å². The number of aliphatic imine (C=N–C) groups is 2. The summed E-state index contributed by atoms with van der Waals surface area (Å²) in [5.74, 6) is 0.440. The largest absolute Gasteiger partial charge is 0.348 e. The van der Waals surface area contributed by atoms with Gasteiger partial charge in [-0.3, -0.25) is 9.98 Å². The van der Waals surface area contributed by atoms with Crippen LogP contribution in [0.2, 0.25) is 0 Å². The number of hydrogen-bond donors (Lipinski definition) is 0. The van der Waals surface area contributed by atoms with Crippen LogP contribution >= 0.6 is 0 Å². The Labute approximate surface area is 110 Å². The van der Waals surface area contributed by atoms with E-state index in [-0.39, 0.29) is 0 Å². The third kappa shape index (κ3) is 3.19. The van der Waals surface area contributed by atoms with Crippen molar-refractivity contribution in [1.82, 2.24) is 4.57 Å². The van der Waals surface area contributed by atoms with Gasteiger partial charge in [0.15, 0.2) is 0 Å². The van der Waals surface area contributed by atoms with Crippen LogP contribution in [0.1, 0.15) is 31.7 Å². The first-order valence-electron chi connectivity index (χ1n) is 6.32. The standard InChI is InChI=1S/C15H23N3/c1-7-8-9-16-14-12(4)18(6)13(5)15(14)17-10-11(2)3/h7,9-11H,1,8H2,2-6H3/b16-9-,17-10-. The Hall–Kier alpha value is -1.64. The summed E-state index contributed by atoms with van der Waals surface area (Å²) in [5, 5.41) is 0. The van der Waals surface area contributed by atoms with Gasteiger partial charge >= 0.3 is 0 Å². The quantitative estimate of drug-likeness (QED) is 0.547. The molecule has 0 amide bonds. The highest BCUT2D eigenvalue weighted by Crippen LogP contribution is 2.36. The van der Waals surface area contributed by atoms with Crippen molar-refractivity contribution in [2.24, 2.45) is 23.0 Å². The SMILES string of the molecule is C=CC/C=N\c1c(/N=C\C(C)C)c(C)n(C)c1C. The lowest BCUT2D eigenvalue weighted by Gasteiger charge is -1.98. The van der Waals surface area contributed by atoms with E-state index in [2.05, 4.69) is 48.8 Å². The fraction of sp³-hybridized carbons (Fsp3) is 0.467. The zero-order chi connectivity index (χ0) is 13.7. The summed E-state index contributed by atoms with van der Waals surface area (Å²) < 4.78 is 2.13. The minimum absolute atomic E-state index is 0.440. The first-order valence-corrected chi connectivity index (χ1v) is 6.32. The molecule has 0 spiro atoms. The molecular formula is C15H23N3. The van der Waals surface area contributed by atoms with Gasteiger partial charge < -0.3 is 4.57 Å². The topological polar surface area (TPSA) is 29.6 Å². The van der Waals surface area contributed by atoms with Gasteiger partial charge in [-0.15, -0.1) is 6.58 Å². The van der Waals surface area contributed by atoms with Gasteiger partial charge in [-0.2, -0.15) is 0 Å². The Morgan fingerprint density at radius 2 is 1.72 bits per heavy atom. The smallest absolute Gasteiger partial charge is 0.109 e. The summed E-state index contributed by atoms with van der Waals surface area (Å²) in [7, 11) is 2.05. The summed E-state index contributed by atoms with van der Waals surface area (Å²) in [5.41, 5.74) is 4.23. The maximum absolute atomic E-state index is 4.58. The summed E-state index contributed by atoms with van der Waals surface area (Å²) in [6.07, 6.45) is 6.46. The first-order chi connectivity index (χ1) is 8.49. The van der Waals surface area contributed by atoms with E-state index in [1.54, 1.807) is 0 Å². The number of allylic oxidation sites excluding steroid dienone is 1. The molecule has 98 valence electrons. The van der Waals surface area contributed by atoms with Gasteiger partial charge in [0.1, 0.15) is 11.4 Å². The van der Waals surface area contributed by atoms with E-state index in [4.69, 9.17) is 0 Å². The minimum atomic E-state index is 0.440. The highest BCUT2D eigenvalue weighted by molar-refractivity contribution is 5.79. The van der Waals surface area contributed by atoms with Gasteiger partial charge in [0.05, 0.1) is 0 Å². The molecule has 18 heavy (non-hydrogen) atoms. The lowest BCUT2D eigenvalue weighted by Crippen LogP contribution is -1.92. The molecule has 0 saturated carbocycles. The molecule has 1 heterocycles. The van der Waals surface area contributed by atoms with Crippen LogP contribution in [0.15, 0.2) is 22.6 Å². The molecule has 0 aliphatic rings. The van der Waals surface area contributed by atoms with Gasteiger partial charge in [0.25, 0.3) is 0 Å². The number of rotatable bonds is 5. The Morgan fingerprint density at radius 3 is 2.22 bits per heavy atom. The molecule has 0 unspecified atom stereocenters. The average molecular weight is 245 g/mol. The van der Waals surface area contributed by atoms with E-state index >= 15 is 0 Å². The lowest BCUT2D eigenvalue weighted by atomic mass is 10.2. The van der Waals surface area contributed by atoms with E-state index in [0.29, 0.717) is 5.92 Å². The summed E-state index contributed by atoms with van der Waals surface area (Å²) in [6, 6.07) is 0. The monoisotopic (exact) mass is 245 g/mol.